The molecule has 0 aliphatic rings. The third-order valence-electron chi connectivity index (χ3n) is 6.82. The van der Waals surface area contributed by atoms with Crippen LogP contribution in [0.15, 0.2) is 60.9 Å². The smallest absolute Gasteiger partial charge is 0.416 e. The van der Waals surface area contributed by atoms with E-state index in [0.29, 0.717) is 29.5 Å². The molecule has 0 atom stereocenters. The van der Waals surface area contributed by atoms with Crippen LogP contribution in [-0.4, -0.2) is 46.4 Å². The maximum absolute atomic E-state index is 13.9. The van der Waals surface area contributed by atoms with Gasteiger partial charge in [0.2, 0.25) is 5.88 Å². The highest BCUT2D eigenvalue weighted by Crippen LogP contribution is 2.36. The summed E-state index contributed by atoms with van der Waals surface area (Å²) in [6.45, 7) is 6.96. The van der Waals surface area contributed by atoms with Gasteiger partial charge in [-0.15, -0.1) is 0 Å². The number of hydrogen-bond acceptors (Lipinski definition) is 9. The van der Waals surface area contributed by atoms with Crippen LogP contribution in [0.3, 0.4) is 0 Å². The van der Waals surface area contributed by atoms with Crippen LogP contribution in [0.1, 0.15) is 43.2 Å². The number of alkyl halides is 3. The zero-order chi connectivity index (χ0) is 35.1. The average Bonchev–Trinajstić information content (AvgIpc) is 3.01. The van der Waals surface area contributed by atoms with E-state index in [-0.39, 0.29) is 35.8 Å². The van der Waals surface area contributed by atoms with Gasteiger partial charge < -0.3 is 35.3 Å². The Kier molecular flexibility index (Phi) is 10.9. The predicted octanol–water partition coefficient (Wildman–Crippen LogP) is 6.91. The standard InChI is InChI=1S/C33H35F3N6O6/c1-6-46-27-14-28(47-18-20-7-11-23(45-5)12-8-20)38-16-24(27)29-39-17-26(19(2)40-29)42-31(44)41-22-10-9-21(25(13-22)33(34,35)36)15-32(3,4)48-30(37)43/h7-14,16-17H,6,15,18H2,1-5H3,(H2,37,43)(H2,41,42,44). The summed E-state index contributed by atoms with van der Waals surface area (Å²) >= 11 is 0. The van der Waals surface area contributed by atoms with Crippen molar-refractivity contribution >= 4 is 23.5 Å². The Morgan fingerprint density at radius 2 is 1.69 bits per heavy atom. The van der Waals surface area contributed by atoms with E-state index >= 15 is 0 Å². The molecule has 15 heteroatoms. The van der Waals surface area contributed by atoms with E-state index in [1.54, 1.807) is 20.1 Å². The van der Waals surface area contributed by atoms with E-state index in [4.69, 9.17) is 24.7 Å². The fourth-order valence-electron chi connectivity index (χ4n) is 4.66. The highest BCUT2D eigenvalue weighted by Gasteiger charge is 2.36. The summed E-state index contributed by atoms with van der Waals surface area (Å²) in [4.78, 5) is 37.1. The predicted molar refractivity (Wildman–Crippen MR) is 171 cm³/mol. The lowest BCUT2D eigenvalue weighted by atomic mass is 9.94. The number of primary amides is 1. The molecule has 4 rings (SSSR count). The minimum atomic E-state index is -4.75. The molecule has 2 heterocycles. The molecule has 4 aromatic rings. The van der Waals surface area contributed by atoms with Gasteiger partial charge in [-0.3, -0.25) is 0 Å². The lowest BCUT2D eigenvalue weighted by Crippen LogP contribution is -2.34. The van der Waals surface area contributed by atoms with Crippen LogP contribution in [0.4, 0.5) is 34.1 Å². The van der Waals surface area contributed by atoms with Gasteiger partial charge >= 0.3 is 18.3 Å². The highest BCUT2D eigenvalue weighted by molar-refractivity contribution is 6.00. The first-order valence-corrected chi connectivity index (χ1v) is 14.7. The van der Waals surface area contributed by atoms with Gasteiger partial charge in [0.15, 0.2) is 5.82 Å². The topological polar surface area (TPSA) is 160 Å². The van der Waals surface area contributed by atoms with Gasteiger partial charge in [-0.2, -0.15) is 13.2 Å². The molecule has 0 radical (unpaired) electrons. The first kappa shape index (κ1) is 35.3. The molecule has 0 fully saturated rings. The van der Waals surface area contributed by atoms with Crippen molar-refractivity contribution in [2.45, 2.75) is 52.5 Å². The van der Waals surface area contributed by atoms with Crippen molar-refractivity contribution in [3.8, 4) is 28.8 Å². The molecule has 4 N–H and O–H groups in total. The van der Waals surface area contributed by atoms with Gasteiger partial charge in [0.05, 0.1) is 42.4 Å². The first-order valence-electron chi connectivity index (χ1n) is 14.7. The van der Waals surface area contributed by atoms with Crippen molar-refractivity contribution in [1.82, 2.24) is 15.0 Å². The molecule has 0 unspecified atom stereocenters. The van der Waals surface area contributed by atoms with Crippen molar-refractivity contribution in [2.24, 2.45) is 5.73 Å². The van der Waals surface area contributed by atoms with Gasteiger partial charge in [0.1, 0.15) is 23.7 Å². The molecular weight excluding hydrogens is 633 g/mol. The molecular formula is C33H35F3N6O6. The van der Waals surface area contributed by atoms with Gasteiger partial charge in [0, 0.05) is 24.4 Å². The second kappa shape index (κ2) is 14.9. The number of nitrogens with one attached hydrogen (secondary N) is 2. The van der Waals surface area contributed by atoms with E-state index < -0.39 is 29.5 Å². The number of methoxy groups -OCH3 is 1. The Balaban J connectivity index is 1.46. The van der Waals surface area contributed by atoms with Crippen LogP contribution in [0.25, 0.3) is 11.4 Å². The number of carbonyl (C=O) groups is 2. The van der Waals surface area contributed by atoms with Gasteiger partial charge in [-0.1, -0.05) is 18.2 Å². The summed E-state index contributed by atoms with van der Waals surface area (Å²) in [6.07, 6.45) is -3.23. The van der Waals surface area contributed by atoms with Crippen LogP contribution in [0, 0.1) is 6.92 Å². The number of nitrogens with two attached hydrogens (primary N) is 1. The molecule has 0 aliphatic heterocycles. The van der Waals surface area contributed by atoms with Gasteiger partial charge in [0.25, 0.3) is 0 Å². The number of aromatic nitrogens is 3. The minimum Gasteiger partial charge on any atom is -0.497 e. The maximum atomic E-state index is 13.9. The Hall–Kier alpha value is -5.60. The summed E-state index contributed by atoms with van der Waals surface area (Å²) in [5, 5.41) is 4.96. The van der Waals surface area contributed by atoms with E-state index in [2.05, 4.69) is 25.6 Å². The average molecular weight is 669 g/mol. The summed E-state index contributed by atoms with van der Waals surface area (Å²) < 4.78 is 63.5. The third-order valence-corrected chi connectivity index (χ3v) is 6.82. The maximum Gasteiger partial charge on any atom is 0.416 e. The van der Waals surface area contributed by atoms with Crippen LogP contribution >= 0.6 is 0 Å². The Morgan fingerprint density at radius 3 is 2.31 bits per heavy atom. The van der Waals surface area contributed by atoms with Crippen molar-refractivity contribution in [1.29, 1.82) is 0 Å². The number of pyridine rings is 1. The van der Waals surface area contributed by atoms with Crippen molar-refractivity contribution in [3.05, 3.63) is 83.3 Å². The van der Waals surface area contributed by atoms with Crippen LogP contribution in [-0.2, 0) is 23.9 Å². The fraction of sp³-hybridized carbons (Fsp3) is 0.303. The fourth-order valence-corrected chi connectivity index (χ4v) is 4.66. The summed E-state index contributed by atoms with van der Waals surface area (Å²) in [6, 6.07) is 11.5. The number of rotatable bonds is 12. The number of benzene rings is 2. The number of urea groups is 1. The zero-order valence-corrected chi connectivity index (χ0v) is 26.9. The second-order valence-electron chi connectivity index (χ2n) is 11.1. The number of amides is 3. The van der Waals surface area contributed by atoms with E-state index in [1.165, 1.54) is 38.4 Å². The number of ether oxygens (including phenoxy) is 4. The van der Waals surface area contributed by atoms with E-state index in [0.717, 1.165) is 17.4 Å². The molecule has 0 bridgehead atoms. The lowest BCUT2D eigenvalue weighted by molar-refractivity contribution is -0.138. The van der Waals surface area contributed by atoms with Crippen LogP contribution in [0.5, 0.6) is 17.4 Å². The molecule has 0 aliphatic carbocycles. The summed E-state index contributed by atoms with van der Waals surface area (Å²) in [7, 11) is 1.59. The minimum absolute atomic E-state index is 0.117. The van der Waals surface area contributed by atoms with Crippen LogP contribution in [0.2, 0.25) is 0 Å². The third kappa shape index (κ3) is 9.47. The van der Waals surface area contributed by atoms with E-state index in [9.17, 15) is 22.8 Å². The number of aryl methyl sites for hydroxylation is 1. The Bertz CT molecular complexity index is 1770. The first-order chi connectivity index (χ1) is 22.7. The number of halogens is 3. The molecule has 254 valence electrons. The molecule has 0 saturated heterocycles. The number of nitrogens with zero attached hydrogens (tertiary/aromatic N) is 3. The zero-order valence-electron chi connectivity index (χ0n) is 26.9. The number of carbonyl (C=O) groups excluding carboxylic acids is 2. The summed E-state index contributed by atoms with van der Waals surface area (Å²) in [5.41, 5.74) is 4.49. The molecule has 12 nitrogen and oxygen atoms in total. The van der Waals surface area contributed by atoms with Crippen molar-refractivity contribution < 1.29 is 41.7 Å². The van der Waals surface area contributed by atoms with Gasteiger partial charge in [-0.05, 0) is 63.1 Å². The normalized spacial score (nSPS) is 11.4. The van der Waals surface area contributed by atoms with Crippen molar-refractivity contribution in [3.63, 3.8) is 0 Å². The molecule has 2 aromatic carbocycles. The quantitative estimate of drug-likeness (QED) is 0.146. The number of anilines is 2. The highest BCUT2D eigenvalue weighted by atomic mass is 19.4. The monoisotopic (exact) mass is 668 g/mol. The van der Waals surface area contributed by atoms with Crippen LogP contribution < -0.4 is 30.6 Å². The second-order valence-corrected chi connectivity index (χ2v) is 11.1. The largest absolute Gasteiger partial charge is 0.497 e. The van der Waals surface area contributed by atoms with Crippen molar-refractivity contribution in [2.75, 3.05) is 24.4 Å². The molecule has 48 heavy (non-hydrogen) atoms. The molecule has 0 saturated carbocycles. The molecule has 2 aromatic heterocycles. The van der Waals surface area contributed by atoms with E-state index in [1.807, 2.05) is 31.2 Å². The molecule has 3 amide bonds. The number of hydrogen-bond donors (Lipinski definition) is 3. The SMILES string of the molecule is CCOc1cc(OCc2ccc(OC)cc2)ncc1-c1ncc(NC(=O)Nc2ccc(CC(C)(C)OC(N)=O)c(C(F)(F)F)c2)c(C)n1. The van der Waals surface area contributed by atoms with Gasteiger partial charge in [-0.25, -0.2) is 24.5 Å². The molecule has 0 spiro atoms. The Labute approximate surface area is 274 Å². The Morgan fingerprint density at radius 1 is 0.958 bits per heavy atom. The lowest BCUT2D eigenvalue weighted by Gasteiger charge is -2.26. The summed E-state index contributed by atoms with van der Waals surface area (Å²) in [5.74, 6) is 1.76.